The molecule has 158 valence electrons. The van der Waals surface area contributed by atoms with Crippen LogP contribution in [0.1, 0.15) is 18.7 Å². The van der Waals surface area contributed by atoms with Gasteiger partial charge in [0, 0.05) is 11.4 Å². The monoisotopic (exact) mass is 432 g/mol. The Bertz CT molecular complexity index is 1040. The number of nitrogens with zero attached hydrogens (tertiary/aromatic N) is 6. The van der Waals surface area contributed by atoms with Crippen molar-refractivity contribution in [1.29, 1.82) is 5.26 Å². The first-order valence-electron chi connectivity index (χ1n) is 10.3. The van der Waals surface area contributed by atoms with Gasteiger partial charge in [-0.25, -0.2) is 0 Å². The van der Waals surface area contributed by atoms with E-state index in [1.807, 2.05) is 65.2 Å². The van der Waals surface area contributed by atoms with Gasteiger partial charge in [-0.15, -0.1) is 10.2 Å². The first-order chi connectivity index (χ1) is 15.3. The van der Waals surface area contributed by atoms with Crippen molar-refractivity contribution in [3.8, 4) is 11.8 Å². The van der Waals surface area contributed by atoms with Crippen molar-refractivity contribution >= 4 is 23.4 Å². The summed E-state index contributed by atoms with van der Waals surface area (Å²) < 4.78 is 2.04. The number of anilines is 1. The number of nitriles is 1. The molecule has 3 aromatic rings. The molecule has 0 bridgehead atoms. The van der Waals surface area contributed by atoms with Gasteiger partial charge in [0.05, 0.1) is 18.4 Å². The number of carbonyl (C=O) groups excluding carboxylic acids is 1. The van der Waals surface area contributed by atoms with Crippen molar-refractivity contribution in [3.05, 3.63) is 66.5 Å². The third-order valence-corrected chi connectivity index (χ3v) is 6.11. The maximum absolute atomic E-state index is 12.9. The van der Waals surface area contributed by atoms with Crippen LogP contribution >= 0.6 is 11.8 Å². The molecule has 1 aliphatic heterocycles. The molecule has 1 amide bonds. The standard InChI is InChI=1S/C23H24N6OS/c24-13-16-28(19-9-3-1-4-10-19)22(30)18-31-23-26-25-21(17-27-14-7-8-15-27)29(23)20-11-5-2-6-12-20/h1-6,9-12H,7-8,14-18H2. The molecular weight excluding hydrogens is 408 g/mol. The highest BCUT2D eigenvalue weighted by molar-refractivity contribution is 7.99. The Kier molecular flexibility index (Phi) is 6.97. The largest absolute Gasteiger partial charge is 0.298 e. The minimum Gasteiger partial charge on any atom is -0.298 e. The minimum atomic E-state index is -0.138. The Morgan fingerprint density at radius 2 is 1.71 bits per heavy atom. The van der Waals surface area contributed by atoms with E-state index in [0.29, 0.717) is 10.8 Å². The molecule has 1 aromatic heterocycles. The average Bonchev–Trinajstić information content (AvgIpc) is 3.47. The van der Waals surface area contributed by atoms with Crippen molar-refractivity contribution < 1.29 is 4.79 Å². The Morgan fingerprint density at radius 3 is 2.39 bits per heavy atom. The normalized spacial score (nSPS) is 13.8. The fraction of sp³-hybridized carbons (Fsp3) is 0.304. The molecule has 31 heavy (non-hydrogen) atoms. The molecule has 0 atom stereocenters. The second-order valence-electron chi connectivity index (χ2n) is 7.32. The van der Waals surface area contributed by atoms with E-state index in [2.05, 4.69) is 21.2 Å². The Balaban J connectivity index is 1.54. The van der Waals surface area contributed by atoms with Crippen LogP contribution in [0.2, 0.25) is 0 Å². The van der Waals surface area contributed by atoms with Crippen molar-refractivity contribution in [2.45, 2.75) is 24.5 Å². The maximum atomic E-state index is 12.9. The number of para-hydroxylation sites is 2. The van der Waals surface area contributed by atoms with E-state index in [0.717, 1.165) is 31.1 Å². The van der Waals surface area contributed by atoms with Crippen LogP contribution in [0, 0.1) is 11.3 Å². The fourth-order valence-electron chi connectivity index (χ4n) is 3.68. The number of aromatic nitrogens is 3. The SMILES string of the molecule is N#CCN(C(=O)CSc1nnc(CN2CCCC2)n1-c1ccccc1)c1ccccc1. The Labute approximate surface area is 186 Å². The van der Waals surface area contributed by atoms with Gasteiger partial charge in [0.1, 0.15) is 6.54 Å². The number of benzene rings is 2. The van der Waals surface area contributed by atoms with Crippen LogP contribution in [0.5, 0.6) is 0 Å². The molecule has 1 aliphatic rings. The predicted molar refractivity (Wildman–Crippen MR) is 121 cm³/mol. The minimum absolute atomic E-state index is 0.00892. The molecule has 0 spiro atoms. The van der Waals surface area contributed by atoms with Gasteiger partial charge in [0.15, 0.2) is 11.0 Å². The highest BCUT2D eigenvalue weighted by atomic mass is 32.2. The summed E-state index contributed by atoms with van der Waals surface area (Å²) in [6, 6.07) is 21.3. The molecule has 8 heteroatoms. The summed E-state index contributed by atoms with van der Waals surface area (Å²) in [6.07, 6.45) is 2.42. The molecule has 2 aromatic carbocycles. The quantitative estimate of drug-likeness (QED) is 0.400. The van der Waals surface area contributed by atoms with Crippen LogP contribution in [0.3, 0.4) is 0 Å². The van der Waals surface area contributed by atoms with Gasteiger partial charge in [-0.2, -0.15) is 5.26 Å². The summed E-state index contributed by atoms with van der Waals surface area (Å²) in [4.78, 5) is 16.8. The van der Waals surface area contributed by atoms with Crippen molar-refractivity contribution in [2.24, 2.45) is 0 Å². The van der Waals surface area contributed by atoms with E-state index >= 15 is 0 Å². The number of rotatable bonds is 8. The zero-order valence-corrected chi connectivity index (χ0v) is 18.0. The first-order valence-corrected chi connectivity index (χ1v) is 11.3. The van der Waals surface area contributed by atoms with Gasteiger partial charge >= 0.3 is 0 Å². The van der Waals surface area contributed by atoms with E-state index in [1.54, 1.807) is 0 Å². The number of carbonyl (C=O) groups is 1. The summed E-state index contributed by atoms with van der Waals surface area (Å²) in [5.74, 6) is 0.909. The maximum Gasteiger partial charge on any atom is 0.238 e. The molecule has 0 N–H and O–H groups in total. The lowest BCUT2D eigenvalue weighted by molar-refractivity contribution is -0.116. The smallest absolute Gasteiger partial charge is 0.238 e. The van der Waals surface area contributed by atoms with Gasteiger partial charge in [-0.3, -0.25) is 19.2 Å². The number of amides is 1. The van der Waals surface area contributed by atoms with Gasteiger partial charge in [-0.1, -0.05) is 48.2 Å². The zero-order valence-electron chi connectivity index (χ0n) is 17.2. The third kappa shape index (κ3) is 5.13. The predicted octanol–water partition coefficient (Wildman–Crippen LogP) is 3.51. The second kappa shape index (κ2) is 10.2. The molecule has 7 nitrogen and oxygen atoms in total. The van der Waals surface area contributed by atoms with E-state index in [9.17, 15) is 10.1 Å². The lowest BCUT2D eigenvalue weighted by atomic mass is 10.3. The summed E-state index contributed by atoms with van der Waals surface area (Å²) in [5, 5.41) is 18.7. The lowest BCUT2D eigenvalue weighted by Crippen LogP contribution is -2.32. The molecule has 2 heterocycles. The fourth-order valence-corrected chi connectivity index (χ4v) is 4.53. The third-order valence-electron chi connectivity index (χ3n) is 5.20. The lowest BCUT2D eigenvalue weighted by Gasteiger charge is -2.19. The topological polar surface area (TPSA) is 78.0 Å². The molecule has 0 unspecified atom stereocenters. The second-order valence-corrected chi connectivity index (χ2v) is 8.26. The van der Waals surface area contributed by atoms with E-state index < -0.39 is 0 Å². The van der Waals surface area contributed by atoms with Gasteiger partial charge in [0.2, 0.25) is 5.91 Å². The van der Waals surface area contributed by atoms with E-state index in [4.69, 9.17) is 0 Å². The average molecular weight is 433 g/mol. The van der Waals surface area contributed by atoms with Crippen LogP contribution in [0.15, 0.2) is 65.8 Å². The van der Waals surface area contributed by atoms with Crippen LogP contribution < -0.4 is 4.90 Å². The number of thioether (sulfide) groups is 1. The van der Waals surface area contributed by atoms with Crippen LogP contribution in [-0.4, -0.2) is 51.0 Å². The number of hydrogen-bond acceptors (Lipinski definition) is 6. The zero-order chi connectivity index (χ0) is 21.5. The molecular formula is C23H24N6OS. The molecule has 0 saturated carbocycles. The summed E-state index contributed by atoms with van der Waals surface area (Å²) in [7, 11) is 0. The van der Waals surface area contributed by atoms with Gasteiger partial charge in [-0.05, 0) is 50.2 Å². The van der Waals surface area contributed by atoms with Crippen LogP contribution in [0.4, 0.5) is 5.69 Å². The Hall–Kier alpha value is -3.15. The molecule has 1 fully saturated rings. The number of hydrogen-bond donors (Lipinski definition) is 0. The van der Waals surface area contributed by atoms with Crippen LogP contribution in [0.25, 0.3) is 5.69 Å². The summed E-state index contributed by atoms with van der Waals surface area (Å²) >= 11 is 1.35. The van der Waals surface area contributed by atoms with E-state index in [-0.39, 0.29) is 18.2 Å². The highest BCUT2D eigenvalue weighted by Crippen LogP contribution is 2.25. The molecule has 1 saturated heterocycles. The van der Waals surface area contributed by atoms with Crippen LogP contribution in [-0.2, 0) is 11.3 Å². The molecule has 4 rings (SSSR count). The summed E-state index contributed by atoms with van der Waals surface area (Å²) in [5.41, 5.74) is 1.70. The van der Waals surface area contributed by atoms with E-state index in [1.165, 1.54) is 29.5 Å². The van der Waals surface area contributed by atoms with Crippen molar-refractivity contribution in [2.75, 3.05) is 30.3 Å². The Morgan fingerprint density at radius 1 is 1.03 bits per heavy atom. The summed E-state index contributed by atoms with van der Waals surface area (Å²) in [6.45, 7) is 2.89. The molecule has 0 radical (unpaired) electrons. The first kappa shape index (κ1) is 21.1. The molecule has 0 aliphatic carbocycles. The van der Waals surface area contributed by atoms with Crippen molar-refractivity contribution in [1.82, 2.24) is 19.7 Å². The highest BCUT2D eigenvalue weighted by Gasteiger charge is 2.21. The number of likely N-dealkylation sites (tertiary alicyclic amines) is 1. The van der Waals surface area contributed by atoms with Crippen molar-refractivity contribution in [3.63, 3.8) is 0 Å². The van der Waals surface area contributed by atoms with Gasteiger partial charge < -0.3 is 0 Å². The van der Waals surface area contributed by atoms with Gasteiger partial charge in [0.25, 0.3) is 0 Å².